The predicted octanol–water partition coefficient (Wildman–Crippen LogP) is 2.31. The van der Waals surface area contributed by atoms with Crippen molar-refractivity contribution in [3.05, 3.63) is 35.4 Å². The molecule has 0 saturated carbocycles. The van der Waals surface area contributed by atoms with Crippen LogP contribution in [0.15, 0.2) is 18.2 Å². The average Bonchev–Trinajstić information content (AvgIpc) is 2.06. The van der Waals surface area contributed by atoms with E-state index in [9.17, 15) is 0 Å². The highest BCUT2D eigenvalue weighted by atomic mass is 14.2. The van der Waals surface area contributed by atoms with E-state index in [0.717, 1.165) is 24.0 Å². The van der Waals surface area contributed by atoms with Gasteiger partial charge >= 0.3 is 0 Å². The third-order valence-corrected chi connectivity index (χ3v) is 1.59. The Morgan fingerprint density at radius 1 is 1.64 bits per heavy atom. The van der Waals surface area contributed by atoms with Crippen molar-refractivity contribution in [2.75, 3.05) is 0 Å². The number of hydrogen-bond acceptors (Lipinski definition) is 1. The molecule has 55 valence electrons. The molecule has 1 heteroatoms. The minimum Gasteiger partial charge on any atom is -0.192 e. The molecule has 0 N–H and O–H groups in total. The summed E-state index contributed by atoms with van der Waals surface area (Å²) in [5.41, 5.74) is 1.89. The van der Waals surface area contributed by atoms with Crippen molar-refractivity contribution in [2.45, 2.75) is 19.8 Å². The molecule has 0 amide bonds. The van der Waals surface area contributed by atoms with Gasteiger partial charge in [-0.15, -0.1) is 0 Å². The summed E-state index contributed by atoms with van der Waals surface area (Å²) < 4.78 is 0. The Balaban J connectivity index is 2.95. The number of nitrogens with zero attached hydrogens (tertiary/aromatic N) is 1. The maximum absolute atomic E-state index is 8.68. The van der Waals surface area contributed by atoms with Crippen LogP contribution < -0.4 is 0 Å². The van der Waals surface area contributed by atoms with Gasteiger partial charge in [-0.1, -0.05) is 25.5 Å². The Labute approximate surface area is 67.3 Å². The minimum absolute atomic E-state index is 0.759. The third kappa shape index (κ3) is 1.81. The molecule has 0 heterocycles. The Bertz CT molecular complexity index is 270. The lowest BCUT2D eigenvalue weighted by Gasteiger charge is -1.98. The smallest absolute Gasteiger partial charge is 0.0994 e. The van der Waals surface area contributed by atoms with E-state index in [1.807, 2.05) is 12.1 Å². The summed E-state index contributed by atoms with van der Waals surface area (Å²) in [5, 5.41) is 8.68. The van der Waals surface area contributed by atoms with Crippen molar-refractivity contribution in [3.8, 4) is 6.07 Å². The molecule has 0 unspecified atom stereocenters. The van der Waals surface area contributed by atoms with Crippen molar-refractivity contribution >= 4 is 0 Å². The van der Waals surface area contributed by atoms with Gasteiger partial charge in [-0.2, -0.15) is 5.26 Å². The van der Waals surface area contributed by atoms with E-state index in [0.29, 0.717) is 0 Å². The van der Waals surface area contributed by atoms with Gasteiger partial charge in [0.15, 0.2) is 0 Å². The standard InChI is InChI=1S/C10H10N/c1-2-5-9-6-3-4-7-10(9)8-11/h3,6-7H,2,5H2,1H3. The third-order valence-electron chi connectivity index (χ3n) is 1.59. The van der Waals surface area contributed by atoms with E-state index in [1.54, 1.807) is 6.07 Å². The molecule has 1 aromatic carbocycles. The molecule has 0 fully saturated rings. The highest BCUT2D eigenvalue weighted by Crippen LogP contribution is 2.08. The van der Waals surface area contributed by atoms with Gasteiger partial charge in [0.2, 0.25) is 0 Å². The molecule has 0 aliphatic carbocycles. The molecule has 0 aliphatic heterocycles. The fourth-order valence-electron chi connectivity index (χ4n) is 1.05. The molecule has 0 saturated heterocycles. The van der Waals surface area contributed by atoms with Crippen LogP contribution in [0.3, 0.4) is 0 Å². The Morgan fingerprint density at radius 3 is 3.09 bits per heavy atom. The maximum atomic E-state index is 8.68. The number of nitriles is 1. The summed E-state index contributed by atoms with van der Waals surface area (Å²) in [6, 6.07) is 10.6. The zero-order chi connectivity index (χ0) is 8.10. The Morgan fingerprint density at radius 2 is 2.45 bits per heavy atom. The lowest BCUT2D eigenvalue weighted by molar-refractivity contribution is 0.918. The lowest BCUT2D eigenvalue weighted by Crippen LogP contribution is -1.87. The van der Waals surface area contributed by atoms with Crippen LogP contribution in [-0.2, 0) is 6.42 Å². The first-order valence-electron chi connectivity index (χ1n) is 3.77. The zero-order valence-electron chi connectivity index (χ0n) is 6.59. The van der Waals surface area contributed by atoms with Gasteiger partial charge in [0, 0.05) is 0 Å². The van der Waals surface area contributed by atoms with Crippen molar-refractivity contribution in [2.24, 2.45) is 0 Å². The zero-order valence-corrected chi connectivity index (χ0v) is 6.59. The van der Waals surface area contributed by atoms with Crippen molar-refractivity contribution in [3.63, 3.8) is 0 Å². The molecular formula is C10H10N. The first-order valence-corrected chi connectivity index (χ1v) is 3.77. The SMILES string of the molecule is CCCc1cc[c]cc1C#N. The summed E-state index contributed by atoms with van der Waals surface area (Å²) in [5.74, 6) is 0. The molecule has 1 aromatic rings. The molecule has 0 bridgehead atoms. The second kappa shape index (κ2) is 3.78. The van der Waals surface area contributed by atoms with Crippen LogP contribution in [0.4, 0.5) is 0 Å². The van der Waals surface area contributed by atoms with E-state index in [2.05, 4.69) is 19.1 Å². The van der Waals surface area contributed by atoms with E-state index >= 15 is 0 Å². The number of hydrogen-bond donors (Lipinski definition) is 0. The van der Waals surface area contributed by atoms with Crippen molar-refractivity contribution in [1.82, 2.24) is 0 Å². The van der Waals surface area contributed by atoms with Crippen LogP contribution in [0.5, 0.6) is 0 Å². The summed E-state index contributed by atoms with van der Waals surface area (Å²) in [7, 11) is 0. The summed E-state index contributed by atoms with van der Waals surface area (Å²) >= 11 is 0. The molecule has 11 heavy (non-hydrogen) atoms. The molecule has 0 aromatic heterocycles. The number of benzene rings is 1. The van der Waals surface area contributed by atoms with Crippen LogP contribution >= 0.6 is 0 Å². The second-order valence-corrected chi connectivity index (χ2v) is 2.45. The Hall–Kier alpha value is -1.29. The van der Waals surface area contributed by atoms with Crippen LogP contribution in [-0.4, -0.2) is 0 Å². The minimum atomic E-state index is 0.759. The average molecular weight is 144 g/mol. The highest BCUT2D eigenvalue weighted by molar-refractivity contribution is 5.36. The van der Waals surface area contributed by atoms with E-state index in [-0.39, 0.29) is 0 Å². The first-order chi connectivity index (χ1) is 5.38. The van der Waals surface area contributed by atoms with Crippen molar-refractivity contribution in [1.29, 1.82) is 5.26 Å². The van der Waals surface area contributed by atoms with E-state index in [1.165, 1.54) is 0 Å². The van der Waals surface area contributed by atoms with Gasteiger partial charge in [-0.25, -0.2) is 0 Å². The highest BCUT2D eigenvalue weighted by Gasteiger charge is 1.97. The number of rotatable bonds is 2. The summed E-state index contributed by atoms with van der Waals surface area (Å²) in [4.78, 5) is 0. The predicted molar refractivity (Wildman–Crippen MR) is 44.0 cm³/mol. The van der Waals surface area contributed by atoms with Gasteiger partial charge in [-0.3, -0.25) is 0 Å². The molecule has 0 atom stereocenters. The van der Waals surface area contributed by atoms with Crippen LogP contribution in [0.2, 0.25) is 0 Å². The van der Waals surface area contributed by atoms with Crippen LogP contribution in [0.1, 0.15) is 24.5 Å². The van der Waals surface area contributed by atoms with Gasteiger partial charge < -0.3 is 0 Å². The van der Waals surface area contributed by atoms with E-state index < -0.39 is 0 Å². The largest absolute Gasteiger partial charge is 0.192 e. The molecule has 0 aliphatic rings. The van der Waals surface area contributed by atoms with Gasteiger partial charge in [0.05, 0.1) is 11.6 Å². The molecular weight excluding hydrogens is 134 g/mol. The molecule has 1 nitrogen and oxygen atoms in total. The van der Waals surface area contributed by atoms with E-state index in [4.69, 9.17) is 5.26 Å². The molecule has 0 spiro atoms. The summed E-state index contributed by atoms with van der Waals surface area (Å²) in [6.07, 6.45) is 2.07. The monoisotopic (exact) mass is 144 g/mol. The van der Waals surface area contributed by atoms with Crippen LogP contribution in [0, 0.1) is 17.4 Å². The molecule has 1 rings (SSSR count). The lowest BCUT2D eigenvalue weighted by atomic mass is 10.0. The quantitative estimate of drug-likeness (QED) is 0.624. The Kier molecular flexibility index (Phi) is 2.68. The second-order valence-electron chi connectivity index (χ2n) is 2.45. The molecule has 1 radical (unpaired) electrons. The maximum Gasteiger partial charge on any atom is 0.0994 e. The fourth-order valence-corrected chi connectivity index (χ4v) is 1.05. The van der Waals surface area contributed by atoms with Gasteiger partial charge in [-0.05, 0) is 24.1 Å². The first kappa shape index (κ1) is 7.81. The van der Waals surface area contributed by atoms with Gasteiger partial charge in [0.25, 0.3) is 0 Å². The van der Waals surface area contributed by atoms with Crippen LogP contribution in [0.25, 0.3) is 0 Å². The normalized spacial score (nSPS) is 9.09. The fraction of sp³-hybridized carbons (Fsp3) is 0.300. The number of aryl methyl sites for hydroxylation is 1. The summed E-state index contributed by atoms with van der Waals surface area (Å²) in [6.45, 7) is 2.11. The van der Waals surface area contributed by atoms with Gasteiger partial charge in [0.1, 0.15) is 0 Å². The van der Waals surface area contributed by atoms with Crippen molar-refractivity contribution < 1.29 is 0 Å². The topological polar surface area (TPSA) is 23.8 Å².